The Hall–Kier alpha value is -1.38. The second kappa shape index (κ2) is 5.32. The molecular weight excluding hydrogens is 234 g/mol. The van der Waals surface area contributed by atoms with E-state index in [1.807, 2.05) is 0 Å². The number of rotatable bonds is 2. The predicted molar refractivity (Wildman–Crippen MR) is 79.2 cm³/mol. The van der Waals surface area contributed by atoms with E-state index in [0.29, 0.717) is 5.92 Å². The lowest BCUT2D eigenvalue weighted by atomic mass is 9.85. The summed E-state index contributed by atoms with van der Waals surface area (Å²) in [7, 11) is 0. The van der Waals surface area contributed by atoms with Crippen LogP contribution in [0, 0.1) is 12.8 Å². The number of hydrogen-bond donors (Lipinski definition) is 2. The van der Waals surface area contributed by atoms with E-state index >= 15 is 0 Å². The van der Waals surface area contributed by atoms with Gasteiger partial charge < -0.3 is 10.4 Å². The van der Waals surface area contributed by atoms with Gasteiger partial charge in [-0.3, -0.25) is 0 Å². The van der Waals surface area contributed by atoms with Crippen molar-refractivity contribution in [1.82, 2.24) is 5.32 Å². The minimum absolute atomic E-state index is 0.340. The van der Waals surface area contributed by atoms with Crippen molar-refractivity contribution in [3.8, 4) is 0 Å². The fourth-order valence-electron chi connectivity index (χ4n) is 3.14. The number of aliphatic hydroxyl groups is 1. The molecule has 2 heteroatoms. The largest absolute Gasteiger partial charge is 0.388 e. The third-order valence-electron chi connectivity index (χ3n) is 4.32. The molecular formula is C17H21NO. The summed E-state index contributed by atoms with van der Waals surface area (Å²) in [5, 5.41) is 16.5. The van der Waals surface area contributed by atoms with Crippen LogP contribution >= 0.6 is 0 Å². The highest BCUT2D eigenvalue weighted by Crippen LogP contribution is 2.34. The maximum absolute atomic E-state index is 10.7. The van der Waals surface area contributed by atoms with Gasteiger partial charge in [-0.25, -0.2) is 0 Å². The highest BCUT2D eigenvalue weighted by molar-refractivity contribution is 5.88. The fourth-order valence-corrected chi connectivity index (χ4v) is 3.14. The summed E-state index contributed by atoms with van der Waals surface area (Å²) in [5.74, 6) is 0.382. The molecule has 1 saturated heterocycles. The Morgan fingerprint density at radius 1 is 1.05 bits per heavy atom. The Balaban J connectivity index is 2.02. The van der Waals surface area contributed by atoms with Crippen molar-refractivity contribution in [2.45, 2.75) is 25.9 Å². The summed E-state index contributed by atoms with van der Waals surface area (Å²) in [6.45, 7) is 4.17. The molecule has 1 aliphatic rings. The number of nitrogens with one attached hydrogen (secondary N) is 1. The average molecular weight is 255 g/mol. The van der Waals surface area contributed by atoms with E-state index in [1.54, 1.807) is 0 Å². The first-order valence-corrected chi connectivity index (χ1v) is 7.14. The number of hydrogen-bond acceptors (Lipinski definition) is 2. The van der Waals surface area contributed by atoms with E-state index in [9.17, 15) is 5.11 Å². The van der Waals surface area contributed by atoms with Gasteiger partial charge in [-0.2, -0.15) is 0 Å². The molecule has 1 fully saturated rings. The van der Waals surface area contributed by atoms with Gasteiger partial charge in [-0.05, 0) is 60.7 Å². The molecule has 19 heavy (non-hydrogen) atoms. The molecule has 2 nitrogen and oxygen atoms in total. The normalized spacial score (nSPS) is 18.6. The maximum Gasteiger partial charge on any atom is 0.0825 e. The fraction of sp³-hybridized carbons (Fsp3) is 0.412. The van der Waals surface area contributed by atoms with Crippen LogP contribution in [0.25, 0.3) is 10.8 Å². The molecule has 0 aromatic heterocycles. The topological polar surface area (TPSA) is 32.3 Å². The molecule has 1 aliphatic heterocycles. The molecule has 0 spiro atoms. The maximum atomic E-state index is 10.7. The quantitative estimate of drug-likeness (QED) is 0.864. The standard InChI is InChI=1S/C17H21NO/c1-12-6-7-16(15-5-3-2-4-14(12)15)17(19)13-8-10-18-11-9-13/h2-7,13,17-19H,8-11H2,1H3. The van der Waals surface area contributed by atoms with Gasteiger partial charge in [0.1, 0.15) is 0 Å². The molecule has 0 bridgehead atoms. The van der Waals surface area contributed by atoms with Gasteiger partial charge in [0.05, 0.1) is 6.10 Å². The number of fused-ring (bicyclic) bond motifs is 1. The zero-order valence-electron chi connectivity index (χ0n) is 11.4. The molecule has 0 saturated carbocycles. The Bertz CT molecular complexity index is 572. The van der Waals surface area contributed by atoms with E-state index in [2.05, 4.69) is 48.6 Å². The average Bonchev–Trinajstić information content (AvgIpc) is 2.48. The minimum atomic E-state index is -0.340. The van der Waals surface area contributed by atoms with E-state index in [-0.39, 0.29) is 6.10 Å². The zero-order valence-corrected chi connectivity index (χ0v) is 11.4. The SMILES string of the molecule is Cc1ccc(C(O)C2CCNCC2)c2ccccc12. The Morgan fingerprint density at radius 3 is 2.47 bits per heavy atom. The lowest BCUT2D eigenvalue weighted by molar-refractivity contribution is 0.0902. The Kier molecular flexibility index (Phi) is 3.54. The molecule has 2 N–H and O–H groups in total. The summed E-state index contributed by atoms with van der Waals surface area (Å²) in [4.78, 5) is 0. The van der Waals surface area contributed by atoms with E-state index < -0.39 is 0 Å². The summed E-state index contributed by atoms with van der Waals surface area (Å²) in [6, 6.07) is 12.6. The highest BCUT2D eigenvalue weighted by atomic mass is 16.3. The van der Waals surface area contributed by atoms with Gasteiger partial charge >= 0.3 is 0 Å². The summed E-state index contributed by atoms with van der Waals surface area (Å²) >= 11 is 0. The van der Waals surface area contributed by atoms with Gasteiger partial charge in [0.25, 0.3) is 0 Å². The molecule has 1 heterocycles. The van der Waals surface area contributed by atoms with E-state index in [1.165, 1.54) is 16.3 Å². The lowest BCUT2D eigenvalue weighted by Gasteiger charge is -2.28. The van der Waals surface area contributed by atoms with Crippen LogP contribution in [-0.4, -0.2) is 18.2 Å². The number of piperidine rings is 1. The summed E-state index contributed by atoms with van der Waals surface area (Å²) < 4.78 is 0. The van der Waals surface area contributed by atoms with Gasteiger partial charge in [-0.15, -0.1) is 0 Å². The van der Waals surface area contributed by atoms with Crippen molar-refractivity contribution in [3.63, 3.8) is 0 Å². The first-order valence-electron chi connectivity index (χ1n) is 7.14. The van der Waals surface area contributed by atoms with Crippen molar-refractivity contribution in [2.75, 3.05) is 13.1 Å². The van der Waals surface area contributed by atoms with Crippen molar-refractivity contribution < 1.29 is 5.11 Å². The zero-order chi connectivity index (χ0) is 13.2. The smallest absolute Gasteiger partial charge is 0.0825 e. The van der Waals surface area contributed by atoms with Crippen LogP contribution in [-0.2, 0) is 0 Å². The molecule has 2 aromatic carbocycles. The summed E-state index contributed by atoms with van der Waals surface area (Å²) in [5.41, 5.74) is 2.37. The lowest BCUT2D eigenvalue weighted by Crippen LogP contribution is -2.30. The number of benzene rings is 2. The van der Waals surface area contributed by atoms with Crippen LogP contribution < -0.4 is 5.32 Å². The van der Waals surface area contributed by atoms with Crippen LogP contribution in [0.2, 0.25) is 0 Å². The molecule has 100 valence electrons. The minimum Gasteiger partial charge on any atom is -0.388 e. The molecule has 0 radical (unpaired) electrons. The Morgan fingerprint density at radius 2 is 1.74 bits per heavy atom. The molecule has 3 rings (SSSR count). The molecule has 0 amide bonds. The first-order chi connectivity index (χ1) is 9.27. The van der Waals surface area contributed by atoms with Crippen LogP contribution in [0.1, 0.15) is 30.1 Å². The van der Waals surface area contributed by atoms with E-state index in [4.69, 9.17) is 0 Å². The van der Waals surface area contributed by atoms with Crippen molar-refractivity contribution >= 4 is 10.8 Å². The third-order valence-corrected chi connectivity index (χ3v) is 4.32. The summed E-state index contributed by atoms with van der Waals surface area (Å²) in [6.07, 6.45) is 1.78. The van der Waals surface area contributed by atoms with Gasteiger partial charge in [0.15, 0.2) is 0 Å². The van der Waals surface area contributed by atoms with Crippen LogP contribution in [0.3, 0.4) is 0 Å². The van der Waals surface area contributed by atoms with Crippen LogP contribution in [0.15, 0.2) is 36.4 Å². The van der Waals surface area contributed by atoms with Crippen molar-refractivity contribution in [3.05, 3.63) is 47.5 Å². The highest BCUT2D eigenvalue weighted by Gasteiger charge is 2.24. The van der Waals surface area contributed by atoms with Crippen molar-refractivity contribution in [2.24, 2.45) is 5.92 Å². The van der Waals surface area contributed by atoms with Crippen molar-refractivity contribution in [1.29, 1.82) is 0 Å². The molecule has 2 aromatic rings. The second-order valence-electron chi connectivity index (χ2n) is 5.55. The van der Waals surface area contributed by atoms with Gasteiger partial charge in [-0.1, -0.05) is 36.4 Å². The monoisotopic (exact) mass is 255 g/mol. The van der Waals surface area contributed by atoms with Crippen LogP contribution in [0.5, 0.6) is 0 Å². The number of aryl methyl sites for hydroxylation is 1. The third kappa shape index (κ3) is 2.38. The van der Waals surface area contributed by atoms with E-state index in [0.717, 1.165) is 31.5 Å². The van der Waals surface area contributed by atoms with Gasteiger partial charge in [0, 0.05) is 0 Å². The first kappa shape index (κ1) is 12.6. The Labute approximate surface area is 114 Å². The second-order valence-corrected chi connectivity index (χ2v) is 5.55. The van der Waals surface area contributed by atoms with Gasteiger partial charge in [0.2, 0.25) is 0 Å². The number of aliphatic hydroxyl groups excluding tert-OH is 1. The molecule has 0 aliphatic carbocycles. The predicted octanol–water partition coefficient (Wildman–Crippen LogP) is 3.18. The molecule has 1 atom stereocenters. The molecule has 1 unspecified atom stereocenters. The van der Waals surface area contributed by atoms with Crippen LogP contribution in [0.4, 0.5) is 0 Å².